The summed E-state index contributed by atoms with van der Waals surface area (Å²) in [5.41, 5.74) is 8.64. The average molecular weight is 276 g/mol. The Labute approximate surface area is 120 Å². The molecule has 0 aliphatic heterocycles. The highest BCUT2D eigenvalue weighted by atomic mass is 19.1. The van der Waals surface area contributed by atoms with Crippen molar-refractivity contribution >= 4 is 11.4 Å². The van der Waals surface area contributed by atoms with Gasteiger partial charge in [0.2, 0.25) is 0 Å². The van der Waals surface area contributed by atoms with E-state index in [4.69, 9.17) is 5.73 Å². The van der Waals surface area contributed by atoms with Crippen LogP contribution in [0.1, 0.15) is 45.6 Å². The molecule has 1 aromatic rings. The molecule has 2 bridgehead atoms. The summed E-state index contributed by atoms with van der Waals surface area (Å²) in [5, 5.41) is 3.65. The summed E-state index contributed by atoms with van der Waals surface area (Å²) in [6, 6.07) is 3.68. The minimum Gasteiger partial charge on any atom is -0.397 e. The molecule has 2 aliphatic rings. The molecule has 2 fully saturated rings. The lowest BCUT2D eigenvalue weighted by atomic mass is 9.68. The van der Waals surface area contributed by atoms with Crippen molar-refractivity contribution in [3.63, 3.8) is 0 Å². The van der Waals surface area contributed by atoms with Crippen LogP contribution in [0.4, 0.5) is 15.8 Å². The summed E-state index contributed by atoms with van der Waals surface area (Å²) in [6.07, 6.45) is 3.90. The SMILES string of the molecule is Cc1cc(NC2C3(C)CCC(C3)C2(C)C)c(N)cc1F. The molecule has 2 saturated carbocycles. The van der Waals surface area contributed by atoms with Gasteiger partial charge in [0.1, 0.15) is 5.82 Å². The minimum atomic E-state index is -0.230. The van der Waals surface area contributed by atoms with Gasteiger partial charge in [0.25, 0.3) is 0 Å². The van der Waals surface area contributed by atoms with Crippen LogP contribution in [0.3, 0.4) is 0 Å². The van der Waals surface area contributed by atoms with E-state index in [0.717, 1.165) is 11.6 Å². The van der Waals surface area contributed by atoms with Crippen molar-refractivity contribution in [1.29, 1.82) is 0 Å². The average Bonchev–Trinajstić information content (AvgIpc) is 2.82. The standard InChI is InChI=1S/C17H25FN2/c1-10-7-14(13(19)8-12(10)18)20-15-16(2,3)11-5-6-17(15,4)9-11/h7-8,11,15,20H,5-6,9,19H2,1-4H3. The van der Waals surface area contributed by atoms with Crippen LogP contribution in [0.15, 0.2) is 12.1 Å². The van der Waals surface area contributed by atoms with Gasteiger partial charge >= 0.3 is 0 Å². The van der Waals surface area contributed by atoms with Crippen LogP contribution in [0.25, 0.3) is 0 Å². The van der Waals surface area contributed by atoms with Crippen LogP contribution in [0.5, 0.6) is 0 Å². The number of nitrogens with two attached hydrogens (primary N) is 1. The number of nitrogen functional groups attached to an aromatic ring is 1. The fourth-order valence-electron chi connectivity index (χ4n) is 4.64. The van der Waals surface area contributed by atoms with Gasteiger partial charge in [-0.25, -0.2) is 4.39 Å². The van der Waals surface area contributed by atoms with Gasteiger partial charge in [-0.2, -0.15) is 0 Å². The predicted octanol–water partition coefficient (Wildman–Crippen LogP) is 4.34. The Morgan fingerprint density at radius 2 is 2.00 bits per heavy atom. The van der Waals surface area contributed by atoms with Crippen LogP contribution in [-0.4, -0.2) is 6.04 Å². The Morgan fingerprint density at radius 1 is 1.30 bits per heavy atom. The molecule has 2 nitrogen and oxygen atoms in total. The topological polar surface area (TPSA) is 38.0 Å². The number of benzene rings is 1. The van der Waals surface area contributed by atoms with Crippen LogP contribution in [-0.2, 0) is 0 Å². The number of anilines is 2. The lowest BCUT2D eigenvalue weighted by Crippen LogP contribution is -2.45. The molecule has 1 aromatic carbocycles. The van der Waals surface area contributed by atoms with Gasteiger partial charge in [-0.15, -0.1) is 0 Å². The first-order valence-corrected chi connectivity index (χ1v) is 7.56. The van der Waals surface area contributed by atoms with E-state index in [9.17, 15) is 4.39 Å². The van der Waals surface area contributed by atoms with E-state index in [0.29, 0.717) is 22.7 Å². The maximum atomic E-state index is 13.5. The van der Waals surface area contributed by atoms with Gasteiger partial charge in [0.15, 0.2) is 0 Å². The number of hydrogen-bond acceptors (Lipinski definition) is 2. The highest BCUT2D eigenvalue weighted by molar-refractivity contribution is 5.68. The second-order valence-electron chi connectivity index (χ2n) is 7.68. The van der Waals surface area contributed by atoms with Crippen LogP contribution >= 0.6 is 0 Å². The third-order valence-electron chi connectivity index (χ3n) is 5.90. The van der Waals surface area contributed by atoms with Gasteiger partial charge in [0, 0.05) is 6.04 Å². The summed E-state index contributed by atoms with van der Waals surface area (Å²) < 4.78 is 13.5. The van der Waals surface area contributed by atoms with E-state index in [1.54, 1.807) is 6.92 Å². The molecule has 3 unspecified atom stereocenters. The quantitative estimate of drug-likeness (QED) is 0.788. The second-order valence-corrected chi connectivity index (χ2v) is 7.68. The molecule has 20 heavy (non-hydrogen) atoms. The van der Waals surface area contributed by atoms with Crippen LogP contribution in [0.2, 0.25) is 0 Å². The molecule has 3 rings (SSSR count). The summed E-state index contributed by atoms with van der Waals surface area (Å²) in [7, 11) is 0. The molecular weight excluding hydrogens is 251 g/mol. The van der Waals surface area contributed by atoms with E-state index < -0.39 is 0 Å². The normalized spacial score (nSPS) is 34.5. The summed E-state index contributed by atoms with van der Waals surface area (Å²) in [6.45, 7) is 8.87. The third-order valence-corrected chi connectivity index (χ3v) is 5.90. The molecular formula is C17H25FN2. The maximum absolute atomic E-state index is 13.5. The van der Waals surface area contributed by atoms with E-state index in [1.165, 1.54) is 25.3 Å². The number of fused-ring (bicyclic) bond motifs is 2. The lowest BCUT2D eigenvalue weighted by Gasteiger charge is -2.43. The molecule has 110 valence electrons. The molecule has 0 aromatic heterocycles. The molecule has 0 heterocycles. The summed E-state index contributed by atoms with van der Waals surface area (Å²) >= 11 is 0. The van der Waals surface area contributed by atoms with E-state index in [2.05, 4.69) is 26.1 Å². The zero-order valence-electron chi connectivity index (χ0n) is 12.9. The van der Waals surface area contributed by atoms with Gasteiger partial charge in [-0.05, 0) is 60.6 Å². The fraction of sp³-hybridized carbons (Fsp3) is 0.647. The maximum Gasteiger partial charge on any atom is 0.128 e. The summed E-state index contributed by atoms with van der Waals surface area (Å²) in [4.78, 5) is 0. The molecule has 0 saturated heterocycles. The van der Waals surface area contributed by atoms with Crippen molar-refractivity contribution < 1.29 is 4.39 Å². The first kappa shape index (κ1) is 13.7. The van der Waals surface area contributed by atoms with Crippen molar-refractivity contribution in [3.8, 4) is 0 Å². The van der Waals surface area contributed by atoms with Crippen molar-refractivity contribution in [1.82, 2.24) is 0 Å². The van der Waals surface area contributed by atoms with Crippen LogP contribution in [0, 0.1) is 29.5 Å². The molecule has 0 radical (unpaired) electrons. The first-order valence-electron chi connectivity index (χ1n) is 7.56. The molecule has 3 N–H and O–H groups in total. The minimum absolute atomic E-state index is 0.230. The zero-order chi connectivity index (χ0) is 14.7. The number of halogens is 1. The zero-order valence-corrected chi connectivity index (χ0v) is 12.9. The Hall–Kier alpha value is -1.25. The van der Waals surface area contributed by atoms with Gasteiger partial charge in [-0.1, -0.05) is 20.8 Å². The molecule has 3 atom stereocenters. The number of rotatable bonds is 2. The monoisotopic (exact) mass is 276 g/mol. The van der Waals surface area contributed by atoms with Crippen molar-refractivity contribution in [3.05, 3.63) is 23.5 Å². The number of nitrogens with one attached hydrogen (secondary N) is 1. The number of aryl methyl sites for hydroxylation is 1. The van der Waals surface area contributed by atoms with Crippen LogP contribution < -0.4 is 11.1 Å². The smallest absolute Gasteiger partial charge is 0.128 e. The number of hydrogen-bond donors (Lipinski definition) is 2. The molecule has 2 aliphatic carbocycles. The van der Waals surface area contributed by atoms with Crippen molar-refractivity contribution in [2.24, 2.45) is 16.7 Å². The predicted molar refractivity (Wildman–Crippen MR) is 82.2 cm³/mol. The highest BCUT2D eigenvalue weighted by Gasteiger charge is 2.59. The Morgan fingerprint density at radius 3 is 2.60 bits per heavy atom. The molecule has 0 amide bonds. The Balaban J connectivity index is 1.93. The Bertz CT molecular complexity index is 547. The largest absolute Gasteiger partial charge is 0.397 e. The molecule has 0 spiro atoms. The molecule has 3 heteroatoms. The highest BCUT2D eigenvalue weighted by Crippen LogP contribution is 2.63. The van der Waals surface area contributed by atoms with E-state index >= 15 is 0 Å². The first-order chi connectivity index (χ1) is 9.24. The fourth-order valence-corrected chi connectivity index (χ4v) is 4.64. The summed E-state index contributed by atoms with van der Waals surface area (Å²) in [5.74, 6) is 0.555. The van der Waals surface area contributed by atoms with Crippen molar-refractivity contribution in [2.75, 3.05) is 11.1 Å². The lowest BCUT2D eigenvalue weighted by molar-refractivity contribution is 0.155. The third kappa shape index (κ3) is 1.82. The second kappa shape index (κ2) is 4.12. The van der Waals surface area contributed by atoms with E-state index in [1.807, 2.05) is 6.07 Å². The van der Waals surface area contributed by atoms with Crippen molar-refractivity contribution in [2.45, 2.75) is 53.0 Å². The van der Waals surface area contributed by atoms with Gasteiger partial charge in [0.05, 0.1) is 11.4 Å². The Kier molecular flexibility index (Phi) is 2.83. The van der Waals surface area contributed by atoms with E-state index in [-0.39, 0.29) is 11.2 Å². The van der Waals surface area contributed by atoms with Gasteiger partial charge < -0.3 is 11.1 Å². The van der Waals surface area contributed by atoms with Gasteiger partial charge in [-0.3, -0.25) is 0 Å².